The summed E-state index contributed by atoms with van der Waals surface area (Å²) in [7, 11) is 0. The summed E-state index contributed by atoms with van der Waals surface area (Å²) >= 11 is 5.17. The van der Waals surface area contributed by atoms with Gasteiger partial charge in [-0.25, -0.2) is 4.98 Å². The van der Waals surface area contributed by atoms with Crippen LogP contribution in [-0.4, -0.2) is 4.98 Å². The van der Waals surface area contributed by atoms with Crippen molar-refractivity contribution in [2.45, 2.75) is 0 Å². The molecule has 78 valence electrons. The van der Waals surface area contributed by atoms with Crippen LogP contribution in [0.25, 0.3) is 20.8 Å². The van der Waals surface area contributed by atoms with Gasteiger partial charge in [-0.2, -0.15) is 0 Å². The Bertz CT molecular complexity index is 595. The lowest BCUT2D eigenvalue weighted by Crippen LogP contribution is -1.74. The van der Waals surface area contributed by atoms with E-state index in [0.29, 0.717) is 0 Å². The van der Waals surface area contributed by atoms with Crippen molar-refractivity contribution in [1.82, 2.24) is 4.98 Å². The average molecular weight is 290 g/mol. The van der Waals surface area contributed by atoms with Gasteiger partial charge in [0.25, 0.3) is 0 Å². The van der Waals surface area contributed by atoms with E-state index in [2.05, 4.69) is 39.1 Å². The molecule has 0 N–H and O–H groups in total. The Kier molecular flexibility index (Phi) is 2.50. The fourth-order valence-corrected chi connectivity index (χ4v) is 2.82. The number of halogens is 1. The van der Waals surface area contributed by atoms with Crippen molar-refractivity contribution in [3.05, 3.63) is 53.0 Å². The zero-order chi connectivity index (χ0) is 11.0. The highest BCUT2D eigenvalue weighted by molar-refractivity contribution is 9.10. The molecule has 3 heteroatoms. The van der Waals surface area contributed by atoms with Crippen LogP contribution >= 0.6 is 27.3 Å². The quantitative estimate of drug-likeness (QED) is 0.631. The Morgan fingerprint density at radius 1 is 0.938 bits per heavy atom. The van der Waals surface area contributed by atoms with E-state index in [4.69, 9.17) is 0 Å². The van der Waals surface area contributed by atoms with Crippen LogP contribution in [0.5, 0.6) is 0 Å². The molecule has 1 heterocycles. The highest BCUT2D eigenvalue weighted by Crippen LogP contribution is 2.30. The number of rotatable bonds is 1. The summed E-state index contributed by atoms with van der Waals surface area (Å²) in [6.45, 7) is 0. The first-order chi connectivity index (χ1) is 7.83. The van der Waals surface area contributed by atoms with Crippen molar-refractivity contribution in [3.63, 3.8) is 0 Å². The SMILES string of the molecule is Brc1ccc(-c2nc3ccccc3s2)cc1. The Balaban J connectivity index is 2.15. The van der Waals surface area contributed by atoms with Crippen LogP contribution in [-0.2, 0) is 0 Å². The highest BCUT2D eigenvalue weighted by Gasteiger charge is 2.04. The van der Waals surface area contributed by atoms with Gasteiger partial charge < -0.3 is 0 Å². The van der Waals surface area contributed by atoms with Gasteiger partial charge in [0.15, 0.2) is 0 Å². The van der Waals surface area contributed by atoms with Gasteiger partial charge in [-0.3, -0.25) is 0 Å². The molecular formula is C13H8BrNS. The monoisotopic (exact) mass is 289 g/mol. The topological polar surface area (TPSA) is 12.9 Å². The van der Waals surface area contributed by atoms with E-state index in [0.717, 1.165) is 15.0 Å². The lowest BCUT2D eigenvalue weighted by molar-refractivity contribution is 1.47. The smallest absolute Gasteiger partial charge is 0.124 e. The number of nitrogens with zero attached hydrogens (tertiary/aromatic N) is 1. The average Bonchev–Trinajstić information content (AvgIpc) is 2.73. The van der Waals surface area contributed by atoms with E-state index < -0.39 is 0 Å². The van der Waals surface area contributed by atoms with Gasteiger partial charge in [-0.05, 0) is 24.3 Å². The minimum atomic E-state index is 1.07. The molecule has 0 spiro atoms. The molecule has 0 fully saturated rings. The molecule has 0 aliphatic rings. The molecule has 0 radical (unpaired) electrons. The van der Waals surface area contributed by atoms with Gasteiger partial charge in [0.05, 0.1) is 10.2 Å². The highest BCUT2D eigenvalue weighted by atomic mass is 79.9. The van der Waals surface area contributed by atoms with Crippen molar-refractivity contribution >= 4 is 37.5 Å². The molecule has 2 aromatic carbocycles. The molecule has 0 bridgehead atoms. The van der Waals surface area contributed by atoms with E-state index in [1.165, 1.54) is 10.3 Å². The molecule has 3 rings (SSSR count). The van der Waals surface area contributed by atoms with Gasteiger partial charge in [-0.15, -0.1) is 11.3 Å². The summed E-state index contributed by atoms with van der Waals surface area (Å²) in [6, 6.07) is 16.5. The predicted octanol–water partition coefficient (Wildman–Crippen LogP) is 4.73. The molecule has 0 atom stereocenters. The number of hydrogen-bond acceptors (Lipinski definition) is 2. The van der Waals surface area contributed by atoms with Crippen LogP contribution in [0.2, 0.25) is 0 Å². The Morgan fingerprint density at radius 3 is 2.44 bits per heavy atom. The number of thiazole rings is 1. The summed E-state index contributed by atoms with van der Waals surface area (Å²) in [4.78, 5) is 4.62. The minimum Gasteiger partial charge on any atom is -0.236 e. The van der Waals surface area contributed by atoms with Gasteiger partial charge >= 0.3 is 0 Å². The maximum absolute atomic E-state index is 4.62. The Morgan fingerprint density at radius 2 is 1.69 bits per heavy atom. The molecule has 0 unspecified atom stereocenters. The molecule has 3 aromatic rings. The lowest BCUT2D eigenvalue weighted by Gasteiger charge is -1.94. The van der Waals surface area contributed by atoms with E-state index >= 15 is 0 Å². The molecule has 16 heavy (non-hydrogen) atoms. The number of fused-ring (bicyclic) bond motifs is 1. The van der Waals surface area contributed by atoms with Crippen molar-refractivity contribution < 1.29 is 0 Å². The van der Waals surface area contributed by atoms with Crippen LogP contribution in [0.15, 0.2) is 53.0 Å². The third-order valence-corrected chi connectivity index (χ3v) is 4.00. The third kappa shape index (κ3) is 1.77. The largest absolute Gasteiger partial charge is 0.236 e. The first-order valence-electron chi connectivity index (χ1n) is 4.94. The molecule has 0 aliphatic carbocycles. The first kappa shape index (κ1) is 10.00. The minimum absolute atomic E-state index is 1.07. The second kappa shape index (κ2) is 4.00. The zero-order valence-electron chi connectivity index (χ0n) is 8.35. The zero-order valence-corrected chi connectivity index (χ0v) is 10.8. The maximum atomic E-state index is 4.62. The summed E-state index contributed by atoms with van der Waals surface area (Å²) < 4.78 is 2.33. The van der Waals surface area contributed by atoms with Crippen molar-refractivity contribution in [2.75, 3.05) is 0 Å². The number of para-hydroxylation sites is 1. The second-order valence-electron chi connectivity index (χ2n) is 3.49. The van der Waals surface area contributed by atoms with E-state index in [-0.39, 0.29) is 0 Å². The third-order valence-electron chi connectivity index (χ3n) is 2.39. The molecule has 1 nitrogen and oxygen atoms in total. The van der Waals surface area contributed by atoms with Gasteiger partial charge in [-0.1, -0.05) is 40.2 Å². The summed E-state index contributed by atoms with van der Waals surface area (Å²) in [5.41, 5.74) is 2.25. The molecular weight excluding hydrogens is 282 g/mol. The fraction of sp³-hybridized carbons (Fsp3) is 0. The molecule has 0 saturated heterocycles. The normalized spacial score (nSPS) is 10.8. The standard InChI is InChI=1S/C13H8BrNS/c14-10-7-5-9(6-8-10)13-15-11-3-1-2-4-12(11)16-13/h1-8H. The van der Waals surface area contributed by atoms with Crippen molar-refractivity contribution in [1.29, 1.82) is 0 Å². The van der Waals surface area contributed by atoms with Gasteiger partial charge in [0, 0.05) is 10.0 Å². The number of hydrogen-bond donors (Lipinski definition) is 0. The van der Waals surface area contributed by atoms with Crippen LogP contribution in [0.1, 0.15) is 0 Å². The maximum Gasteiger partial charge on any atom is 0.124 e. The lowest BCUT2D eigenvalue weighted by atomic mass is 10.2. The van der Waals surface area contributed by atoms with E-state index in [1.807, 2.05) is 30.3 Å². The Hall–Kier alpha value is -1.19. The van der Waals surface area contributed by atoms with E-state index in [9.17, 15) is 0 Å². The van der Waals surface area contributed by atoms with Crippen LogP contribution < -0.4 is 0 Å². The van der Waals surface area contributed by atoms with Gasteiger partial charge in [0.1, 0.15) is 5.01 Å². The van der Waals surface area contributed by atoms with Crippen LogP contribution in [0, 0.1) is 0 Å². The summed E-state index contributed by atoms with van der Waals surface area (Å²) in [6.07, 6.45) is 0. The number of aromatic nitrogens is 1. The molecule has 0 amide bonds. The molecule has 1 aromatic heterocycles. The number of benzene rings is 2. The molecule has 0 saturated carbocycles. The van der Waals surface area contributed by atoms with E-state index in [1.54, 1.807) is 11.3 Å². The van der Waals surface area contributed by atoms with Gasteiger partial charge in [0.2, 0.25) is 0 Å². The summed E-state index contributed by atoms with van der Waals surface area (Å²) in [5, 5.41) is 1.08. The van der Waals surface area contributed by atoms with Crippen molar-refractivity contribution in [3.8, 4) is 10.6 Å². The predicted molar refractivity (Wildman–Crippen MR) is 72.8 cm³/mol. The second-order valence-corrected chi connectivity index (χ2v) is 5.44. The Labute approximate surface area is 106 Å². The summed E-state index contributed by atoms with van der Waals surface area (Å²) in [5.74, 6) is 0. The van der Waals surface area contributed by atoms with Crippen LogP contribution in [0.3, 0.4) is 0 Å². The fourth-order valence-electron chi connectivity index (χ4n) is 1.59. The van der Waals surface area contributed by atoms with Crippen LogP contribution in [0.4, 0.5) is 0 Å². The molecule has 0 aliphatic heterocycles. The van der Waals surface area contributed by atoms with Crippen molar-refractivity contribution in [2.24, 2.45) is 0 Å². The first-order valence-corrected chi connectivity index (χ1v) is 6.55.